The molecule has 25 heavy (non-hydrogen) atoms. The number of piperazine rings is 1. The Labute approximate surface area is 149 Å². The number of hydrogen-bond donors (Lipinski definition) is 0. The van der Waals surface area contributed by atoms with Gasteiger partial charge in [-0.3, -0.25) is 4.90 Å². The van der Waals surface area contributed by atoms with E-state index in [2.05, 4.69) is 17.0 Å². The highest BCUT2D eigenvalue weighted by Gasteiger charge is 2.33. The number of nitrogens with zero attached hydrogens (tertiary/aromatic N) is 3. The van der Waals surface area contributed by atoms with Crippen molar-refractivity contribution < 1.29 is 8.42 Å². The first-order valence-electron chi connectivity index (χ1n) is 8.29. The second-order valence-corrected chi connectivity index (χ2v) is 8.18. The molecule has 1 unspecified atom stereocenters. The third-order valence-corrected chi connectivity index (χ3v) is 6.50. The Morgan fingerprint density at radius 1 is 1.08 bits per heavy atom. The van der Waals surface area contributed by atoms with Gasteiger partial charge in [0.15, 0.2) is 0 Å². The Bertz CT molecular complexity index is 875. The zero-order valence-corrected chi connectivity index (χ0v) is 15.0. The van der Waals surface area contributed by atoms with Crippen LogP contribution < -0.4 is 0 Å². The molecule has 2 aromatic carbocycles. The van der Waals surface area contributed by atoms with E-state index in [0.717, 1.165) is 6.54 Å². The number of sulfonamides is 1. The fourth-order valence-electron chi connectivity index (χ4n) is 3.16. The van der Waals surface area contributed by atoms with Gasteiger partial charge in [0.05, 0.1) is 10.5 Å². The third-order valence-electron chi connectivity index (χ3n) is 4.58. The smallest absolute Gasteiger partial charge is 0.244 e. The van der Waals surface area contributed by atoms with E-state index in [1.807, 2.05) is 31.2 Å². The maximum atomic E-state index is 12.9. The van der Waals surface area contributed by atoms with Crippen molar-refractivity contribution in [2.24, 2.45) is 0 Å². The topological polar surface area (TPSA) is 64.4 Å². The lowest BCUT2D eigenvalue weighted by atomic mass is 10.1. The van der Waals surface area contributed by atoms with E-state index in [4.69, 9.17) is 0 Å². The van der Waals surface area contributed by atoms with Crippen molar-refractivity contribution in [2.45, 2.75) is 24.4 Å². The van der Waals surface area contributed by atoms with Crippen LogP contribution in [0.3, 0.4) is 0 Å². The van der Waals surface area contributed by atoms with Gasteiger partial charge in [-0.1, -0.05) is 42.5 Å². The predicted octanol–water partition coefficient (Wildman–Crippen LogP) is 2.45. The van der Waals surface area contributed by atoms with Crippen LogP contribution in [0.25, 0.3) is 0 Å². The van der Waals surface area contributed by atoms with E-state index in [1.165, 1.54) is 15.9 Å². The minimum absolute atomic E-state index is 0.0983. The fourth-order valence-corrected chi connectivity index (χ4v) is 4.81. The zero-order chi connectivity index (χ0) is 17.9. The lowest BCUT2D eigenvalue weighted by molar-refractivity contribution is 0.122. The van der Waals surface area contributed by atoms with Crippen LogP contribution in [0.5, 0.6) is 0 Å². The van der Waals surface area contributed by atoms with Gasteiger partial charge >= 0.3 is 0 Å². The lowest BCUT2D eigenvalue weighted by Gasteiger charge is -2.39. The number of rotatable bonds is 4. The molecule has 1 heterocycles. The van der Waals surface area contributed by atoms with Crippen molar-refractivity contribution in [1.29, 1.82) is 5.26 Å². The summed E-state index contributed by atoms with van der Waals surface area (Å²) >= 11 is 0. The largest absolute Gasteiger partial charge is 0.294 e. The molecule has 1 aliphatic rings. The summed E-state index contributed by atoms with van der Waals surface area (Å²) < 4.78 is 27.4. The van der Waals surface area contributed by atoms with Gasteiger partial charge < -0.3 is 0 Å². The first-order chi connectivity index (χ1) is 12.0. The van der Waals surface area contributed by atoms with Gasteiger partial charge in [-0.05, 0) is 24.6 Å². The Morgan fingerprint density at radius 2 is 1.76 bits per heavy atom. The molecule has 0 N–H and O–H groups in total. The molecule has 0 radical (unpaired) electrons. The van der Waals surface area contributed by atoms with Crippen molar-refractivity contribution in [3.8, 4) is 6.07 Å². The molecular weight excluding hydrogens is 334 g/mol. The molecule has 1 fully saturated rings. The highest BCUT2D eigenvalue weighted by atomic mass is 32.2. The van der Waals surface area contributed by atoms with Gasteiger partial charge in [0.2, 0.25) is 10.0 Å². The summed E-state index contributed by atoms with van der Waals surface area (Å²) in [6, 6.07) is 18.7. The standard InChI is InChI=1S/C19H21N3O2S/c1-16-14-22(12-11-21(16)15-17-7-3-2-4-8-17)25(23,24)19-10-6-5-9-18(19)13-20/h2-10,16H,11-12,14-15H2,1H3. The minimum Gasteiger partial charge on any atom is -0.294 e. The van der Waals surface area contributed by atoms with Gasteiger partial charge in [-0.25, -0.2) is 8.42 Å². The van der Waals surface area contributed by atoms with E-state index < -0.39 is 10.0 Å². The van der Waals surface area contributed by atoms with E-state index in [0.29, 0.717) is 19.6 Å². The molecular formula is C19H21N3O2S. The summed E-state index contributed by atoms with van der Waals surface area (Å²) in [4.78, 5) is 2.39. The highest BCUT2D eigenvalue weighted by molar-refractivity contribution is 7.89. The van der Waals surface area contributed by atoms with Crippen LogP contribution in [-0.4, -0.2) is 43.3 Å². The average molecular weight is 355 g/mol. The maximum Gasteiger partial charge on any atom is 0.244 e. The molecule has 0 amide bonds. The van der Waals surface area contributed by atoms with Gasteiger partial charge in [-0.15, -0.1) is 0 Å². The van der Waals surface area contributed by atoms with Gasteiger partial charge in [0.25, 0.3) is 0 Å². The Kier molecular flexibility index (Phi) is 5.19. The molecule has 1 aliphatic heterocycles. The second-order valence-electron chi connectivity index (χ2n) is 6.28. The SMILES string of the molecule is CC1CN(S(=O)(=O)c2ccccc2C#N)CCN1Cc1ccccc1. The van der Waals surface area contributed by atoms with Crippen LogP contribution in [0, 0.1) is 11.3 Å². The van der Waals surface area contributed by atoms with Crippen molar-refractivity contribution >= 4 is 10.0 Å². The summed E-state index contributed by atoms with van der Waals surface area (Å²) in [5.74, 6) is 0. The van der Waals surface area contributed by atoms with Crippen LogP contribution in [0.1, 0.15) is 18.1 Å². The van der Waals surface area contributed by atoms with Crippen molar-refractivity contribution in [3.63, 3.8) is 0 Å². The molecule has 0 aliphatic carbocycles. The Morgan fingerprint density at radius 3 is 2.44 bits per heavy atom. The molecule has 0 aromatic heterocycles. The highest BCUT2D eigenvalue weighted by Crippen LogP contribution is 2.23. The summed E-state index contributed by atoms with van der Waals surface area (Å²) in [6.45, 7) is 4.38. The van der Waals surface area contributed by atoms with Crippen LogP contribution in [0.4, 0.5) is 0 Å². The van der Waals surface area contributed by atoms with E-state index in [9.17, 15) is 13.7 Å². The molecule has 0 spiro atoms. The molecule has 0 bridgehead atoms. The van der Waals surface area contributed by atoms with Crippen LogP contribution in [0.2, 0.25) is 0 Å². The molecule has 130 valence electrons. The first-order valence-corrected chi connectivity index (χ1v) is 9.73. The zero-order valence-electron chi connectivity index (χ0n) is 14.2. The second kappa shape index (κ2) is 7.36. The van der Waals surface area contributed by atoms with Gasteiger partial charge in [0.1, 0.15) is 6.07 Å². The van der Waals surface area contributed by atoms with Crippen molar-refractivity contribution in [2.75, 3.05) is 19.6 Å². The Hall–Kier alpha value is -2.20. The van der Waals surface area contributed by atoms with E-state index >= 15 is 0 Å². The number of nitriles is 1. The van der Waals surface area contributed by atoms with Crippen molar-refractivity contribution in [3.05, 3.63) is 65.7 Å². The summed E-state index contributed by atoms with van der Waals surface area (Å²) in [5.41, 5.74) is 1.42. The molecule has 6 heteroatoms. The lowest BCUT2D eigenvalue weighted by Crippen LogP contribution is -2.53. The maximum absolute atomic E-state index is 12.9. The molecule has 5 nitrogen and oxygen atoms in total. The third kappa shape index (κ3) is 3.74. The first kappa shape index (κ1) is 17.6. The van der Waals surface area contributed by atoms with Gasteiger partial charge in [-0.2, -0.15) is 9.57 Å². The normalized spacial score (nSPS) is 19.4. The molecule has 1 atom stereocenters. The Balaban J connectivity index is 1.75. The molecule has 2 aromatic rings. The summed E-state index contributed by atoms with van der Waals surface area (Å²) in [5, 5.41) is 9.20. The van der Waals surface area contributed by atoms with E-state index in [1.54, 1.807) is 18.2 Å². The molecule has 0 saturated carbocycles. The quantitative estimate of drug-likeness (QED) is 0.845. The van der Waals surface area contributed by atoms with E-state index in [-0.39, 0.29) is 16.5 Å². The monoisotopic (exact) mass is 355 g/mol. The van der Waals surface area contributed by atoms with Gasteiger partial charge in [0, 0.05) is 32.2 Å². The van der Waals surface area contributed by atoms with Crippen LogP contribution in [-0.2, 0) is 16.6 Å². The minimum atomic E-state index is -3.65. The predicted molar refractivity (Wildman–Crippen MR) is 96.2 cm³/mol. The van der Waals surface area contributed by atoms with Crippen LogP contribution >= 0.6 is 0 Å². The fraction of sp³-hybridized carbons (Fsp3) is 0.316. The average Bonchev–Trinajstić information content (AvgIpc) is 2.64. The van der Waals surface area contributed by atoms with Crippen LogP contribution in [0.15, 0.2) is 59.5 Å². The molecule has 1 saturated heterocycles. The summed E-state index contributed by atoms with van der Waals surface area (Å²) in [7, 11) is -3.65. The number of benzene rings is 2. The molecule has 3 rings (SSSR count). The summed E-state index contributed by atoms with van der Waals surface area (Å²) in [6.07, 6.45) is 0. The van der Waals surface area contributed by atoms with Crippen molar-refractivity contribution in [1.82, 2.24) is 9.21 Å². The number of hydrogen-bond acceptors (Lipinski definition) is 4.